The van der Waals surface area contributed by atoms with Crippen LogP contribution in [0.1, 0.15) is 30.4 Å². The Morgan fingerprint density at radius 2 is 2.04 bits per heavy atom. The molecule has 26 heavy (non-hydrogen) atoms. The van der Waals surface area contributed by atoms with Crippen LogP contribution < -0.4 is 5.32 Å². The minimum absolute atomic E-state index is 0.104. The predicted molar refractivity (Wildman–Crippen MR) is 99.6 cm³/mol. The van der Waals surface area contributed by atoms with Crippen LogP contribution in [-0.2, 0) is 20.9 Å². The maximum Gasteiger partial charge on any atom is 0.305 e. The highest BCUT2D eigenvalue weighted by Crippen LogP contribution is 2.28. The molecular weight excluding hydrogens is 330 g/mol. The Bertz CT molecular complexity index is 646. The molecule has 0 aromatic heterocycles. The molecule has 2 aliphatic rings. The van der Waals surface area contributed by atoms with Crippen molar-refractivity contribution in [2.75, 3.05) is 27.2 Å². The lowest BCUT2D eigenvalue weighted by Gasteiger charge is -2.33. The summed E-state index contributed by atoms with van der Waals surface area (Å²) >= 11 is 0. The van der Waals surface area contributed by atoms with Crippen LogP contribution in [-0.4, -0.2) is 67.0 Å². The minimum Gasteiger partial charge on any atom is -0.469 e. The van der Waals surface area contributed by atoms with Gasteiger partial charge in [0.05, 0.1) is 7.11 Å². The van der Waals surface area contributed by atoms with E-state index in [4.69, 9.17) is 4.74 Å². The number of nitrogens with zero attached hydrogens (tertiary/aromatic N) is 2. The summed E-state index contributed by atoms with van der Waals surface area (Å²) in [5.41, 5.74) is 2.48. The van der Waals surface area contributed by atoms with Crippen LogP contribution in [0.3, 0.4) is 0 Å². The van der Waals surface area contributed by atoms with E-state index in [-0.39, 0.29) is 30.0 Å². The third-order valence-corrected chi connectivity index (χ3v) is 5.77. The molecule has 2 saturated heterocycles. The van der Waals surface area contributed by atoms with Gasteiger partial charge in [0.25, 0.3) is 0 Å². The molecule has 3 unspecified atom stereocenters. The van der Waals surface area contributed by atoms with Gasteiger partial charge in [-0.05, 0) is 32.4 Å². The summed E-state index contributed by atoms with van der Waals surface area (Å²) in [6, 6.07) is 8.72. The number of methoxy groups -OCH3 is 1. The first-order valence-electron chi connectivity index (χ1n) is 9.35. The standard InChI is InChI=1S/C20H29N3O3/c1-14-4-6-15(7-5-14)13-23-11-10-17-19(23)20(25)21-12-16(22(17)2)8-9-18(24)26-3/h4-7,16-17,19H,8-13H2,1-3H3,(H,21,25). The molecule has 142 valence electrons. The highest BCUT2D eigenvalue weighted by atomic mass is 16.5. The maximum atomic E-state index is 12.8. The van der Waals surface area contributed by atoms with Crippen molar-refractivity contribution in [2.24, 2.45) is 0 Å². The van der Waals surface area contributed by atoms with Gasteiger partial charge < -0.3 is 10.1 Å². The molecule has 2 fully saturated rings. The molecule has 3 atom stereocenters. The fourth-order valence-electron chi connectivity index (χ4n) is 4.14. The number of benzene rings is 1. The van der Waals surface area contributed by atoms with E-state index in [1.54, 1.807) is 0 Å². The summed E-state index contributed by atoms with van der Waals surface area (Å²) < 4.78 is 4.75. The molecule has 6 nitrogen and oxygen atoms in total. The van der Waals surface area contributed by atoms with Crippen LogP contribution in [0, 0.1) is 6.92 Å². The van der Waals surface area contributed by atoms with Gasteiger partial charge in [-0.2, -0.15) is 0 Å². The Kier molecular flexibility index (Phi) is 5.94. The minimum atomic E-state index is -0.196. The van der Waals surface area contributed by atoms with Gasteiger partial charge in [0.2, 0.25) is 5.91 Å². The van der Waals surface area contributed by atoms with Crippen molar-refractivity contribution in [3.8, 4) is 0 Å². The van der Waals surface area contributed by atoms with Gasteiger partial charge in [-0.25, -0.2) is 0 Å². The Labute approximate surface area is 155 Å². The zero-order valence-corrected chi connectivity index (χ0v) is 15.9. The van der Waals surface area contributed by atoms with Crippen molar-refractivity contribution in [3.05, 3.63) is 35.4 Å². The van der Waals surface area contributed by atoms with Gasteiger partial charge in [0.15, 0.2) is 0 Å². The fourth-order valence-corrected chi connectivity index (χ4v) is 4.14. The van der Waals surface area contributed by atoms with Crippen LogP contribution in [0.25, 0.3) is 0 Å². The van der Waals surface area contributed by atoms with Crippen LogP contribution in [0.5, 0.6) is 0 Å². The van der Waals surface area contributed by atoms with Crippen LogP contribution in [0.15, 0.2) is 24.3 Å². The lowest BCUT2D eigenvalue weighted by Crippen LogP contribution is -2.49. The van der Waals surface area contributed by atoms with Crippen molar-refractivity contribution in [3.63, 3.8) is 0 Å². The Hall–Kier alpha value is -1.92. The second-order valence-corrected chi connectivity index (χ2v) is 7.44. The number of aryl methyl sites for hydroxylation is 1. The van der Waals surface area contributed by atoms with Crippen LogP contribution >= 0.6 is 0 Å². The van der Waals surface area contributed by atoms with Crippen molar-refractivity contribution in [1.29, 1.82) is 0 Å². The number of ether oxygens (including phenoxy) is 1. The molecule has 1 amide bonds. The average Bonchev–Trinajstić information content (AvgIpc) is 3.01. The number of likely N-dealkylation sites (tertiary alicyclic amines) is 1. The Balaban J connectivity index is 1.69. The fraction of sp³-hybridized carbons (Fsp3) is 0.600. The molecule has 0 bridgehead atoms. The first kappa shape index (κ1) is 18.9. The molecule has 0 spiro atoms. The summed E-state index contributed by atoms with van der Waals surface area (Å²) in [4.78, 5) is 28.8. The number of likely N-dealkylation sites (N-methyl/N-ethyl adjacent to an activating group) is 1. The lowest BCUT2D eigenvalue weighted by molar-refractivity contribution is -0.141. The molecule has 3 rings (SSSR count). The third-order valence-electron chi connectivity index (χ3n) is 5.77. The van der Waals surface area contributed by atoms with Crippen molar-refractivity contribution < 1.29 is 14.3 Å². The smallest absolute Gasteiger partial charge is 0.305 e. The van der Waals surface area contributed by atoms with Gasteiger partial charge in [-0.3, -0.25) is 19.4 Å². The number of amides is 1. The Morgan fingerprint density at radius 1 is 1.31 bits per heavy atom. The number of fused-ring (bicyclic) bond motifs is 1. The van der Waals surface area contributed by atoms with E-state index in [9.17, 15) is 9.59 Å². The van der Waals surface area contributed by atoms with Gasteiger partial charge in [0.1, 0.15) is 6.04 Å². The molecule has 0 saturated carbocycles. The van der Waals surface area contributed by atoms with E-state index in [0.717, 1.165) is 19.5 Å². The number of rotatable bonds is 5. The summed E-state index contributed by atoms with van der Waals surface area (Å²) in [6.07, 6.45) is 2.05. The molecule has 1 N–H and O–H groups in total. The van der Waals surface area contributed by atoms with Gasteiger partial charge in [0, 0.05) is 38.1 Å². The molecule has 0 radical (unpaired) electrons. The number of carbonyl (C=O) groups is 2. The van der Waals surface area contributed by atoms with E-state index < -0.39 is 0 Å². The lowest BCUT2D eigenvalue weighted by atomic mass is 10.0. The molecule has 1 aromatic carbocycles. The molecule has 6 heteroatoms. The van der Waals surface area contributed by atoms with Crippen LogP contribution in [0.2, 0.25) is 0 Å². The highest BCUT2D eigenvalue weighted by Gasteiger charge is 2.44. The van der Waals surface area contributed by atoms with Crippen LogP contribution in [0.4, 0.5) is 0 Å². The third kappa shape index (κ3) is 4.07. The zero-order chi connectivity index (χ0) is 18.7. The SMILES string of the molecule is COC(=O)CCC1CNC(=O)C2C(CCN2Cc2ccc(C)cc2)N1C. The summed E-state index contributed by atoms with van der Waals surface area (Å²) in [6.45, 7) is 4.36. The quantitative estimate of drug-likeness (QED) is 0.804. The second kappa shape index (κ2) is 8.18. The maximum absolute atomic E-state index is 12.8. The summed E-state index contributed by atoms with van der Waals surface area (Å²) in [5, 5.41) is 3.09. The Morgan fingerprint density at radius 3 is 2.73 bits per heavy atom. The molecule has 2 aliphatic heterocycles. The topological polar surface area (TPSA) is 61.9 Å². The largest absolute Gasteiger partial charge is 0.469 e. The first-order chi connectivity index (χ1) is 12.5. The first-order valence-corrected chi connectivity index (χ1v) is 9.35. The number of carbonyl (C=O) groups excluding carboxylic acids is 2. The molecular formula is C20H29N3O3. The van der Waals surface area contributed by atoms with Gasteiger partial charge in [-0.15, -0.1) is 0 Å². The average molecular weight is 359 g/mol. The van der Waals surface area contributed by atoms with E-state index in [2.05, 4.69) is 53.4 Å². The summed E-state index contributed by atoms with van der Waals surface area (Å²) in [5.74, 6) is -0.0926. The van der Waals surface area contributed by atoms with E-state index in [1.807, 2.05) is 0 Å². The normalized spacial score (nSPS) is 26.9. The summed E-state index contributed by atoms with van der Waals surface area (Å²) in [7, 11) is 3.49. The van der Waals surface area contributed by atoms with Crippen molar-refractivity contribution in [2.45, 2.75) is 50.9 Å². The second-order valence-electron chi connectivity index (χ2n) is 7.44. The highest BCUT2D eigenvalue weighted by molar-refractivity contribution is 5.83. The molecule has 2 heterocycles. The number of hydrogen-bond donors (Lipinski definition) is 1. The van der Waals surface area contributed by atoms with Crippen molar-refractivity contribution >= 4 is 11.9 Å². The zero-order valence-electron chi connectivity index (χ0n) is 15.9. The van der Waals surface area contributed by atoms with Gasteiger partial charge in [-0.1, -0.05) is 29.8 Å². The van der Waals surface area contributed by atoms with Gasteiger partial charge >= 0.3 is 5.97 Å². The van der Waals surface area contributed by atoms with E-state index >= 15 is 0 Å². The van der Waals surface area contributed by atoms with Crippen molar-refractivity contribution in [1.82, 2.24) is 15.1 Å². The number of hydrogen-bond acceptors (Lipinski definition) is 5. The number of nitrogens with one attached hydrogen (secondary N) is 1. The van der Waals surface area contributed by atoms with E-state index in [0.29, 0.717) is 19.4 Å². The molecule has 1 aromatic rings. The monoisotopic (exact) mass is 359 g/mol. The number of esters is 1. The van der Waals surface area contributed by atoms with E-state index in [1.165, 1.54) is 18.2 Å². The molecule has 0 aliphatic carbocycles. The predicted octanol–water partition coefficient (Wildman–Crippen LogP) is 1.32.